The minimum Gasteiger partial charge on any atom is -0.375 e. The number of hydrogen-bond donors (Lipinski definition) is 2. The maximum Gasteiger partial charge on any atom is 0.191 e. The molecule has 2 rings (SSSR count). The number of halogens is 1. The Morgan fingerprint density at radius 2 is 2.04 bits per heavy atom. The van der Waals surface area contributed by atoms with E-state index in [1.165, 1.54) is 12.4 Å². The lowest BCUT2D eigenvalue weighted by Gasteiger charge is -2.15. The van der Waals surface area contributed by atoms with Gasteiger partial charge in [-0.2, -0.15) is 5.10 Å². The normalized spacial score (nSPS) is 11.4. The largest absolute Gasteiger partial charge is 0.375 e. The maximum atomic E-state index is 14.0. The van der Waals surface area contributed by atoms with Crippen molar-refractivity contribution in [2.24, 2.45) is 12.0 Å². The third-order valence-electron chi connectivity index (χ3n) is 3.40. The molecule has 1 aromatic heterocycles. The van der Waals surface area contributed by atoms with E-state index in [1.807, 2.05) is 27.2 Å². The molecule has 0 aliphatic carbocycles. The van der Waals surface area contributed by atoms with Gasteiger partial charge in [0.25, 0.3) is 0 Å². The number of aromatic nitrogens is 3. The van der Waals surface area contributed by atoms with Crippen molar-refractivity contribution in [2.75, 3.05) is 26.0 Å². The molecule has 2 aromatic rings. The van der Waals surface area contributed by atoms with Crippen molar-refractivity contribution >= 4 is 11.6 Å². The third-order valence-corrected chi connectivity index (χ3v) is 3.40. The fourth-order valence-electron chi connectivity index (χ4n) is 2.07. The molecule has 0 saturated carbocycles. The number of aryl methyl sites for hydroxylation is 1. The first-order chi connectivity index (χ1) is 11.0. The van der Waals surface area contributed by atoms with Gasteiger partial charge in [-0.15, -0.1) is 0 Å². The standard InChI is InChI=1S/C15H22FN7/c1-17-15(19-9-14-20-10-21-23(14)4)18-8-11-5-6-13(22(2)3)12(16)7-11/h5-7,10H,8-9H2,1-4H3,(H2,17,18,19). The van der Waals surface area contributed by atoms with E-state index < -0.39 is 0 Å². The quantitative estimate of drug-likeness (QED) is 0.632. The highest BCUT2D eigenvalue weighted by molar-refractivity contribution is 5.79. The Labute approximate surface area is 135 Å². The topological polar surface area (TPSA) is 70.4 Å². The van der Waals surface area contributed by atoms with E-state index in [4.69, 9.17) is 0 Å². The van der Waals surface area contributed by atoms with Crippen LogP contribution in [0.2, 0.25) is 0 Å². The first-order valence-corrected chi connectivity index (χ1v) is 7.24. The lowest BCUT2D eigenvalue weighted by Crippen LogP contribution is -2.37. The summed E-state index contributed by atoms with van der Waals surface area (Å²) >= 11 is 0. The van der Waals surface area contributed by atoms with Crippen molar-refractivity contribution in [1.29, 1.82) is 0 Å². The first kappa shape index (κ1) is 16.7. The van der Waals surface area contributed by atoms with Crippen molar-refractivity contribution in [3.05, 3.63) is 41.7 Å². The Kier molecular flexibility index (Phi) is 5.51. The molecule has 2 N–H and O–H groups in total. The Balaban J connectivity index is 1.90. The maximum absolute atomic E-state index is 14.0. The van der Waals surface area contributed by atoms with Crippen molar-refractivity contribution in [1.82, 2.24) is 25.4 Å². The predicted octanol–water partition coefficient (Wildman–Crippen LogP) is 0.885. The molecule has 0 unspecified atom stereocenters. The molecule has 0 bridgehead atoms. The van der Waals surface area contributed by atoms with E-state index in [0.29, 0.717) is 24.7 Å². The van der Waals surface area contributed by atoms with E-state index in [0.717, 1.165) is 11.4 Å². The van der Waals surface area contributed by atoms with E-state index in [1.54, 1.807) is 22.7 Å². The Morgan fingerprint density at radius 1 is 1.30 bits per heavy atom. The molecule has 124 valence electrons. The molecule has 8 heteroatoms. The molecule has 1 heterocycles. The zero-order chi connectivity index (χ0) is 16.8. The molecule has 0 amide bonds. The van der Waals surface area contributed by atoms with Gasteiger partial charge >= 0.3 is 0 Å². The second-order valence-corrected chi connectivity index (χ2v) is 5.26. The summed E-state index contributed by atoms with van der Waals surface area (Å²) in [5, 5.41) is 10.3. The lowest BCUT2D eigenvalue weighted by molar-refractivity contribution is 0.622. The molecule has 7 nitrogen and oxygen atoms in total. The van der Waals surface area contributed by atoms with Crippen LogP contribution in [0.3, 0.4) is 0 Å². The van der Waals surface area contributed by atoms with Gasteiger partial charge in [0, 0.05) is 34.7 Å². The van der Waals surface area contributed by atoms with E-state index in [2.05, 4.69) is 25.7 Å². The van der Waals surface area contributed by atoms with Gasteiger partial charge in [-0.3, -0.25) is 9.67 Å². The molecule has 0 fully saturated rings. The molecule has 0 saturated heterocycles. The predicted molar refractivity (Wildman–Crippen MR) is 88.8 cm³/mol. The molecule has 0 aliphatic rings. The van der Waals surface area contributed by atoms with Gasteiger partial charge in [0.2, 0.25) is 0 Å². The minimum absolute atomic E-state index is 0.240. The van der Waals surface area contributed by atoms with Gasteiger partial charge in [-0.25, -0.2) is 9.37 Å². The van der Waals surface area contributed by atoms with E-state index in [-0.39, 0.29) is 5.82 Å². The number of benzene rings is 1. The molecule has 0 atom stereocenters. The molecule has 0 aliphatic heterocycles. The number of hydrogen-bond acceptors (Lipinski definition) is 4. The van der Waals surface area contributed by atoms with Crippen LogP contribution in [-0.4, -0.2) is 41.9 Å². The number of nitrogens with zero attached hydrogens (tertiary/aromatic N) is 5. The third kappa shape index (κ3) is 4.41. The molecule has 1 aromatic carbocycles. The summed E-state index contributed by atoms with van der Waals surface area (Å²) in [5.74, 6) is 1.18. The highest BCUT2D eigenvalue weighted by Crippen LogP contribution is 2.18. The monoisotopic (exact) mass is 319 g/mol. The van der Waals surface area contributed by atoms with Crippen molar-refractivity contribution in [3.8, 4) is 0 Å². The smallest absolute Gasteiger partial charge is 0.191 e. The first-order valence-electron chi connectivity index (χ1n) is 7.24. The summed E-state index contributed by atoms with van der Waals surface area (Å²) in [6, 6.07) is 5.18. The average Bonchev–Trinajstić information content (AvgIpc) is 2.92. The highest BCUT2D eigenvalue weighted by atomic mass is 19.1. The van der Waals surface area contributed by atoms with Crippen LogP contribution >= 0.6 is 0 Å². The number of rotatable bonds is 5. The Hall–Kier alpha value is -2.64. The van der Waals surface area contributed by atoms with Crippen LogP contribution in [0.5, 0.6) is 0 Å². The van der Waals surface area contributed by atoms with Crippen LogP contribution in [0.25, 0.3) is 0 Å². The van der Waals surface area contributed by atoms with Crippen LogP contribution in [0, 0.1) is 5.82 Å². The second-order valence-electron chi connectivity index (χ2n) is 5.26. The van der Waals surface area contributed by atoms with Crippen molar-refractivity contribution in [3.63, 3.8) is 0 Å². The van der Waals surface area contributed by atoms with Gasteiger partial charge in [0.1, 0.15) is 18.0 Å². The molecule has 23 heavy (non-hydrogen) atoms. The number of anilines is 1. The molecule has 0 spiro atoms. The highest BCUT2D eigenvalue weighted by Gasteiger charge is 2.06. The number of guanidine groups is 1. The number of aliphatic imine (C=N–C) groups is 1. The van der Waals surface area contributed by atoms with Crippen LogP contribution in [0.1, 0.15) is 11.4 Å². The zero-order valence-corrected chi connectivity index (χ0v) is 13.8. The van der Waals surface area contributed by atoms with E-state index >= 15 is 0 Å². The van der Waals surface area contributed by atoms with E-state index in [9.17, 15) is 4.39 Å². The fourth-order valence-corrected chi connectivity index (χ4v) is 2.07. The summed E-state index contributed by atoms with van der Waals surface area (Å²) in [4.78, 5) is 10.0. The Morgan fingerprint density at radius 3 is 2.61 bits per heavy atom. The fraction of sp³-hybridized carbons (Fsp3) is 0.400. The summed E-state index contributed by atoms with van der Waals surface area (Å²) in [6.07, 6.45) is 1.50. The van der Waals surface area contributed by atoms with Crippen LogP contribution in [-0.2, 0) is 20.1 Å². The van der Waals surface area contributed by atoms with Crippen molar-refractivity contribution < 1.29 is 4.39 Å². The summed E-state index contributed by atoms with van der Waals surface area (Å²) < 4.78 is 15.6. The second kappa shape index (κ2) is 7.57. The molecular weight excluding hydrogens is 297 g/mol. The minimum atomic E-state index is -0.240. The van der Waals surface area contributed by atoms with Gasteiger partial charge in [0.15, 0.2) is 5.96 Å². The molecular formula is C15H22FN7. The SMILES string of the molecule is CN=C(NCc1ccc(N(C)C)c(F)c1)NCc1ncnn1C. The summed E-state index contributed by atoms with van der Waals surface area (Å²) in [7, 11) is 7.14. The van der Waals surface area contributed by atoms with Crippen LogP contribution in [0.15, 0.2) is 29.5 Å². The van der Waals surface area contributed by atoms with Gasteiger partial charge in [0.05, 0.1) is 12.2 Å². The molecule has 0 radical (unpaired) electrons. The summed E-state index contributed by atoms with van der Waals surface area (Å²) in [5.41, 5.74) is 1.41. The van der Waals surface area contributed by atoms with Crippen molar-refractivity contribution in [2.45, 2.75) is 13.1 Å². The van der Waals surface area contributed by atoms with Crippen LogP contribution in [0.4, 0.5) is 10.1 Å². The van der Waals surface area contributed by atoms with Crippen LogP contribution < -0.4 is 15.5 Å². The average molecular weight is 319 g/mol. The Bertz CT molecular complexity index is 678. The summed E-state index contributed by atoms with van der Waals surface area (Å²) in [6.45, 7) is 0.979. The van der Waals surface area contributed by atoms with Gasteiger partial charge in [-0.1, -0.05) is 6.07 Å². The zero-order valence-electron chi connectivity index (χ0n) is 13.8. The van der Waals surface area contributed by atoms with Gasteiger partial charge < -0.3 is 15.5 Å². The lowest BCUT2D eigenvalue weighted by atomic mass is 10.2. The number of nitrogens with one attached hydrogen (secondary N) is 2. The van der Waals surface area contributed by atoms with Gasteiger partial charge in [-0.05, 0) is 17.7 Å².